The van der Waals surface area contributed by atoms with Crippen LogP contribution in [0.5, 0.6) is 0 Å². The molecule has 0 radical (unpaired) electrons. The monoisotopic (exact) mass is 420 g/mol. The number of allylic oxidation sites excluding steroid dienone is 1. The molecule has 1 saturated heterocycles. The zero-order valence-corrected chi connectivity index (χ0v) is 21.7. The van der Waals surface area contributed by atoms with Crippen molar-refractivity contribution in [3.63, 3.8) is 0 Å². The molecule has 5 atom stereocenters. The molecule has 0 aromatic carbocycles. The Balaban J connectivity index is 3.01. The van der Waals surface area contributed by atoms with E-state index in [0.717, 1.165) is 31.7 Å². The molecule has 3 heteroatoms. The van der Waals surface area contributed by atoms with E-state index in [2.05, 4.69) is 71.8 Å². The van der Waals surface area contributed by atoms with Crippen LogP contribution in [0.1, 0.15) is 100 Å². The summed E-state index contributed by atoms with van der Waals surface area (Å²) in [6, 6.07) is 0.929. The Morgan fingerprint density at radius 2 is 1.67 bits per heavy atom. The summed E-state index contributed by atoms with van der Waals surface area (Å²) in [5.41, 5.74) is 1.31. The van der Waals surface area contributed by atoms with E-state index in [-0.39, 0.29) is 6.04 Å². The van der Waals surface area contributed by atoms with E-state index in [9.17, 15) is 4.79 Å². The van der Waals surface area contributed by atoms with Crippen molar-refractivity contribution in [2.24, 2.45) is 29.6 Å². The molecule has 0 bridgehead atoms. The first kappa shape index (κ1) is 27.0. The Morgan fingerprint density at radius 3 is 2.13 bits per heavy atom. The molecule has 0 N–H and O–H groups in total. The summed E-state index contributed by atoms with van der Waals surface area (Å²) in [5, 5.41) is 0. The highest BCUT2D eigenvalue weighted by molar-refractivity contribution is 5.76. The lowest BCUT2D eigenvalue weighted by Crippen LogP contribution is -2.47. The van der Waals surface area contributed by atoms with Gasteiger partial charge in [-0.1, -0.05) is 81.2 Å². The van der Waals surface area contributed by atoms with Crippen LogP contribution in [0.4, 0.5) is 0 Å². The normalized spacial score (nSPS) is 21.0. The molecular formula is C27H52N2O. The van der Waals surface area contributed by atoms with Crippen LogP contribution in [0.2, 0.25) is 0 Å². The van der Waals surface area contributed by atoms with E-state index >= 15 is 0 Å². The molecule has 30 heavy (non-hydrogen) atoms. The lowest BCUT2D eigenvalue weighted by Gasteiger charge is -2.41. The van der Waals surface area contributed by atoms with Gasteiger partial charge in [0.1, 0.15) is 0 Å². The van der Waals surface area contributed by atoms with Gasteiger partial charge in [-0.2, -0.15) is 0 Å². The van der Waals surface area contributed by atoms with Gasteiger partial charge in [-0.15, -0.1) is 0 Å². The van der Waals surface area contributed by atoms with Crippen molar-refractivity contribution < 1.29 is 4.79 Å². The summed E-state index contributed by atoms with van der Waals surface area (Å²) >= 11 is 0. The molecule has 1 rings (SSSR count). The fourth-order valence-corrected chi connectivity index (χ4v) is 5.81. The Morgan fingerprint density at radius 1 is 1.03 bits per heavy atom. The van der Waals surface area contributed by atoms with E-state index in [1.807, 2.05) is 7.05 Å². The molecule has 0 spiro atoms. The standard InChI is InChI=1S/C27H52N2O/c1-11-21(8)27(28(10)26(30)17-19(4)5)23(12-2)18-22(9)29-16-14-15-25(29)24(13-3)20(6)7/h19-21,23-25,27H,9,11-18H2,1-8,10H3. The molecule has 0 aromatic rings. The number of amides is 1. The first-order valence-electron chi connectivity index (χ1n) is 12.8. The largest absolute Gasteiger partial charge is 0.372 e. The zero-order valence-electron chi connectivity index (χ0n) is 21.7. The maximum Gasteiger partial charge on any atom is 0.222 e. The minimum absolute atomic E-state index is 0.288. The Bertz CT molecular complexity index is 527. The van der Waals surface area contributed by atoms with Crippen molar-refractivity contribution in [2.45, 2.75) is 112 Å². The minimum atomic E-state index is 0.288. The molecule has 1 heterocycles. The van der Waals surface area contributed by atoms with E-state index in [1.165, 1.54) is 25.0 Å². The van der Waals surface area contributed by atoms with Crippen LogP contribution in [0, 0.1) is 29.6 Å². The van der Waals surface area contributed by atoms with Crippen molar-refractivity contribution in [1.82, 2.24) is 9.80 Å². The van der Waals surface area contributed by atoms with Crippen LogP contribution >= 0.6 is 0 Å². The van der Waals surface area contributed by atoms with Crippen molar-refractivity contribution in [2.75, 3.05) is 13.6 Å². The highest BCUT2D eigenvalue weighted by Gasteiger charge is 2.36. The Labute approximate surface area is 188 Å². The van der Waals surface area contributed by atoms with Gasteiger partial charge in [-0.05, 0) is 48.9 Å². The van der Waals surface area contributed by atoms with Gasteiger partial charge in [0.15, 0.2) is 0 Å². The van der Waals surface area contributed by atoms with Gasteiger partial charge in [0.25, 0.3) is 0 Å². The lowest BCUT2D eigenvalue weighted by atomic mass is 9.81. The predicted molar refractivity (Wildman–Crippen MR) is 131 cm³/mol. The third-order valence-electron chi connectivity index (χ3n) is 7.68. The van der Waals surface area contributed by atoms with Crippen molar-refractivity contribution >= 4 is 5.91 Å². The molecule has 176 valence electrons. The van der Waals surface area contributed by atoms with Gasteiger partial charge in [0.2, 0.25) is 5.91 Å². The van der Waals surface area contributed by atoms with Gasteiger partial charge in [-0.3, -0.25) is 4.79 Å². The lowest BCUT2D eigenvalue weighted by molar-refractivity contribution is -0.135. The number of nitrogens with zero attached hydrogens (tertiary/aromatic N) is 2. The van der Waals surface area contributed by atoms with Crippen molar-refractivity contribution in [3.05, 3.63) is 12.3 Å². The van der Waals surface area contributed by atoms with Crippen LogP contribution in [-0.4, -0.2) is 41.4 Å². The molecule has 0 saturated carbocycles. The summed E-state index contributed by atoms with van der Waals surface area (Å²) in [6.45, 7) is 24.0. The summed E-state index contributed by atoms with van der Waals surface area (Å²) in [5.74, 6) is 3.11. The van der Waals surface area contributed by atoms with Crippen molar-refractivity contribution in [3.8, 4) is 0 Å². The highest BCUT2D eigenvalue weighted by atomic mass is 16.2. The summed E-state index contributed by atoms with van der Waals surface area (Å²) in [7, 11) is 2.04. The molecule has 1 aliphatic heterocycles. The molecule has 1 fully saturated rings. The molecular weight excluding hydrogens is 368 g/mol. The van der Waals surface area contributed by atoms with Crippen LogP contribution in [0.15, 0.2) is 12.3 Å². The molecule has 1 amide bonds. The fourth-order valence-electron chi connectivity index (χ4n) is 5.81. The maximum absolute atomic E-state index is 12.9. The number of rotatable bonds is 13. The van der Waals surface area contributed by atoms with Crippen LogP contribution < -0.4 is 0 Å². The number of carbonyl (C=O) groups excluding carboxylic acids is 1. The number of likely N-dealkylation sites (tertiary alicyclic amines) is 1. The van der Waals surface area contributed by atoms with Crippen LogP contribution in [-0.2, 0) is 4.79 Å². The van der Waals surface area contributed by atoms with Crippen LogP contribution in [0.3, 0.4) is 0 Å². The zero-order chi connectivity index (χ0) is 23.0. The second kappa shape index (κ2) is 12.8. The van der Waals surface area contributed by atoms with E-state index in [1.54, 1.807) is 0 Å². The SMILES string of the molecule is C=C(CC(CC)C(C(C)CC)N(C)C(=O)CC(C)C)N1CCCC1C(CC)C(C)C. The topological polar surface area (TPSA) is 23.6 Å². The maximum atomic E-state index is 12.9. The molecule has 5 unspecified atom stereocenters. The second-order valence-electron chi connectivity index (χ2n) is 10.6. The first-order valence-corrected chi connectivity index (χ1v) is 12.8. The first-order chi connectivity index (χ1) is 14.1. The molecule has 3 nitrogen and oxygen atoms in total. The average molecular weight is 421 g/mol. The third kappa shape index (κ3) is 7.02. The Kier molecular flexibility index (Phi) is 11.5. The summed E-state index contributed by atoms with van der Waals surface area (Å²) in [4.78, 5) is 17.6. The fraction of sp³-hybridized carbons (Fsp3) is 0.889. The van der Waals surface area contributed by atoms with Gasteiger partial charge in [0.05, 0.1) is 0 Å². The average Bonchev–Trinajstić information content (AvgIpc) is 3.15. The Hall–Kier alpha value is -0.990. The third-order valence-corrected chi connectivity index (χ3v) is 7.68. The molecule has 1 aliphatic rings. The minimum Gasteiger partial charge on any atom is -0.372 e. The second-order valence-corrected chi connectivity index (χ2v) is 10.6. The number of hydrogen-bond acceptors (Lipinski definition) is 2. The number of hydrogen-bond donors (Lipinski definition) is 0. The van der Waals surface area contributed by atoms with E-state index in [0.29, 0.717) is 42.0 Å². The van der Waals surface area contributed by atoms with Crippen molar-refractivity contribution in [1.29, 1.82) is 0 Å². The van der Waals surface area contributed by atoms with Gasteiger partial charge in [0, 0.05) is 37.8 Å². The quantitative estimate of drug-likeness (QED) is 0.321. The predicted octanol–water partition coefficient (Wildman–Crippen LogP) is 6.98. The smallest absolute Gasteiger partial charge is 0.222 e. The van der Waals surface area contributed by atoms with E-state index in [4.69, 9.17) is 0 Å². The summed E-state index contributed by atoms with van der Waals surface area (Å²) in [6.07, 6.45) is 7.67. The summed E-state index contributed by atoms with van der Waals surface area (Å²) < 4.78 is 0. The van der Waals surface area contributed by atoms with E-state index < -0.39 is 0 Å². The van der Waals surface area contributed by atoms with Gasteiger partial charge < -0.3 is 9.80 Å². The van der Waals surface area contributed by atoms with Gasteiger partial charge >= 0.3 is 0 Å². The molecule has 0 aromatic heterocycles. The van der Waals surface area contributed by atoms with Crippen LogP contribution in [0.25, 0.3) is 0 Å². The highest BCUT2D eigenvalue weighted by Crippen LogP contribution is 2.37. The van der Waals surface area contributed by atoms with Gasteiger partial charge in [-0.25, -0.2) is 0 Å². The number of carbonyl (C=O) groups is 1. The molecule has 0 aliphatic carbocycles.